The van der Waals surface area contributed by atoms with Crippen LogP contribution in [0, 0.1) is 5.92 Å². The average molecular weight is 421 g/mol. The van der Waals surface area contributed by atoms with E-state index in [0.29, 0.717) is 31.3 Å². The van der Waals surface area contributed by atoms with Crippen LogP contribution in [-0.4, -0.2) is 62.3 Å². The molecule has 0 unspecified atom stereocenters. The second-order valence-corrected chi connectivity index (χ2v) is 7.26. The molecule has 0 radical (unpaired) electrons. The number of carbonyl (C=O) groups is 3. The molecule has 2 rings (SSSR count). The number of imide groups is 1. The van der Waals surface area contributed by atoms with E-state index in [9.17, 15) is 14.4 Å². The maximum atomic E-state index is 12.7. The highest BCUT2D eigenvalue weighted by Crippen LogP contribution is 2.34. The van der Waals surface area contributed by atoms with Gasteiger partial charge in [-0.2, -0.15) is 0 Å². The zero-order valence-electron chi connectivity index (χ0n) is 18.0. The summed E-state index contributed by atoms with van der Waals surface area (Å²) < 4.78 is 15.9. The minimum Gasteiger partial charge on any atom is -0.486 e. The van der Waals surface area contributed by atoms with Gasteiger partial charge in [0.25, 0.3) is 0 Å². The second-order valence-electron chi connectivity index (χ2n) is 7.26. The van der Waals surface area contributed by atoms with Crippen LogP contribution in [0.25, 0.3) is 0 Å². The third-order valence-corrected chi connectivity index (χ3v) is 4.61. The van der Waals surface area contributed by atoms with E-state index in [0.717, 1.165) is 5.56 Å². The molecule has 0 spiro atoms. The molecule has 1 aromatic carbocycles. The summed E-state index contributed by atoms with van der Waals surface area (Å²) in [5.74, 6) is 0.775. The van der Waals surface area contributed by atoms with Gasteiger partial charge in [0.1, 0.15) is 13.2 Å². The smallest absolute Gasteiger partial charge is 0.413 e. The molecule has 0 bridgehead atoms. The van der Waals surface area contributed by atoms with E-state index >= 15 is 0 Å². The first-order chi connectivity index (χ1) is 14.3. The minimum atomic E-state index is -0.790. The summed E-state index contributed by atoms with van der Waals surface area (Å²) >= 11 is 0. The molecule has 9 nitrogen and oxygen atoms in total. The van der Waals surface area contributed by atoms with Crippen molar-refractivity contribution in [2.24, 2.45) is 5.92 Å². The van der Waals surface area contributed by atoms with E-state index in [1.165, 1.54) is 0 Å². The molecular formula is C21H31N3O6. The molecule has 2 N–H and O–H groups in total. The van der Waals surface area contributed by atoms with Crippen LogP contribution in [0.15, 0.2) is 18.2 Å². The SMILES string of the molecule is CCOC(=O)NC(=O)CN(CC)CC(=O)N[C@@H](c1ccc2c(c1)OCCO2)C(C)C. The molecular weight excluding hydrogens is 390 g/mol. The van der Waals surface area contributed by atoms with Gasteiger partial charge in [0.2, 0.25) is 11.8 Å². The van der Waals surface area contributed by atoms with Crippen LogP contribution >= 0.6 is 0 Å². The number of carbonyl (C=O) groups excluding carboxylic acids is 3. The van der Waals surface area contributed by atoms with Gasteiger partial charge in [0, 0.05) is 0 Å². The van der Waals surface area contributed by atoms with Crippen molar-refractivity contribution in [1.82, 2.24) is 15.5 Å². The molecule has 0 aliphatic carbocycles. The number of rotatable bonds is 9. The number of nitrogens with one attached hydrogen (secondary N) is 2. The van der Waals surface area contributed by atoms with Gasteiger partial charge < -0.3 is 19.5 Å². The van der Waals surface area contributed by atoms with Crippen LogP contribution in [-0.2, 0) is 14.3 Å². The van der Waals surface area contributed by atoms with Gasteiger partial charge in [-0.25, -0.2) is 4.79 Å². The van der Waals surface area contributed by atoms with Gasteiger partial charge in [-0.3, -0.25) is 19.8 Å². The Morgan fingerprint density at radius 3 is 2.37 bits per heavy atom. The Morgan fingerprint density at radius 1 is 1.07 bits per heavy atom. The van der Waals surface area contributed by atoms with Crippen LogP contribution < -0.4 is 20.1 Å². The van der Waals surface area contributed by atoms with Gasteiger partial charge in [0.15, 0.2) is 11.5 Å². The van der Waals surface area contributed by atoms with Crippen molar-refractivity contribution in [3.8, 4) is 11.5 Å². The monoisotopic (exact) mass is 421 g/mol. The first-order valence-corrected chi connectivity index (χ1v) is 10.2. The van der Waals surface area contributed by atoms with E-state index in [1.807, 2.05) is 39.0 Å². The highest BCUT2D eigenvalue weighted by atomic mass is 16.6. The fourth-order valence-corrected chi connectivity index (χ4v) is 3.11. The number of likely N-dealkylation sites (N-methyl/N-ethyl adjacent to an activating group) is 1. The summed E-state index contributed by atoms with van der Waals surface area (Å²) in [5, 5.41) is 5.17. The van der Waals surface area contributed by atoms with E-state index in [2.05, 4.69) is 15.4 Å². The molecule has 3 amide bonds. The summed E-state index contributed by atoms with van der Waals surface area (Å²) in [6.07, 6.45) is -0.790. The van der Waals surface area contributed by atoms with Gasteiger partial charge in [-0.15, -0.1) is 0 Å². The van der Waals surface area contributed by atoms with E-state index in [4.69, 9.17) is 9.47 Å². The summed E-state index contributed by atoms with van der Waals surface area (Å²) in [6, 6.07) is 5.44. The Kier molecular flexibility index (Phi) is 8.91. The van der Waals surface area contributed by atoms with Crippen LogP contribution in [0.4, 0.5) is 4.79 Å². The van der Waals surface area contributed by atoms with Gasteiger partial charge in [-0.1, -0.05) is 26.8 Å². The van der Waals surface area contributed by atoms with Gasteiger partial charge in [0.05, 0.1) is 25.7 Å². The first kappa shape index (κ1) is 23.5. The number of ether oxygens (including phenoxy) is 3. The lowest BCUT2D eigenvalue weighted by molar-refractivity contribution is -0.125. The molecule has 9 heteroatoms. The number of hydrogen-bond donors (Lipinski definition) is 2. The minimum absolute atomic E-state index is 0.0283. The first-order valence-electron chi connectivity index (χ1n) is 10.2. The molecule has 1 aromatic rings. The molecule has 0 saturated heterocycles. The Hall–Kier alpha value is -2.81. The summed E-state index contributed by atoms with van der Waals surface area (Å²) in [6.45, 7) is 9.14. The van der Waals surface area contributed by atoms with Crippen LogP contribution in [0.2, 0.25) is 0 Å². The van der Waals surface area contributed by atoms with E-state index in [-0.39, 0.29) is 37.6 Å². The average Bonchev–Trinajstić information content (AvgIpc) is 2.71. The third-order valence-electron chi connectivity index (χ3n) is 4.61. The molecule has 0 aromatic heterocycles. The fourth-order valence-electron chi connectivity index (χ4n) is 3.11. The summed E-state index contributed by atoms with van der Waals surface area (Å²) in [4.78, 5) is 37.6. The number of amides is 3. The van der Waals surface area contributed by atoms with Crippen molar-refractivity contribution in [3.05, 3.63) is 23.8 Å². The summed E-state index contributed by atoms with van der Waals surface area (Å²) in [7, 11) is 0. The molecule has 1 aliphatic rings. The maximum Gasteiger partial charge on any atom is 0.413 e. The number of hydrogen-bond acceptors (Lipinski definition) is 7. The second kappa shape index (κ2) is 11.4. The lowest BCUT2D eigenvalue weighted by atomic mass is 9.95. The molecule has 1 atom stereocenters. The molecule has 1 aliphatic heterocycles. The molecule has 166 valence electrons. The third kappa shape index (κ3) is 6.91. The van der Waals surface area contributed by atoms with Crippen LogP contribution in [0.1, 0.15) is 39.3 Å². The Balaban J connectivity index is 1.97. The molecule has 0 fully saturated rings. The quantitative estimate of drug-likeness (QED) is 0.627. The fraction of sp³-hybridized carbons (Fsp3) is 0.571. The van der Waals surface area contributed by atoms with Gasteiger partial charge >= 0.3 is 6.09 Å². The van der Waals surface area contributed by atoms with Crippen molar-refractivity contribution in [2.75, 3.05) is 39.5 Å². The number of benzene rings is 1. The summed E-state index contributed by atoms with van der Waals surface area (Å²) in [5.41, 5.74) is 0.922. The lowest BCUT2D eigenvalue weighted by Crippen LogP contribution is -2.45. The Bertz CT molecular complexity index is 752. The van der Waals surface area contributed by atoms with E-state index < -0.39 is 12.0 Å². The number of alkyl carbamates (subject to hydrolysis) is 1. The van der Waals surface area contributed by atoms with E-state index in [1.54, 1.807) is 11.8 Å². The Labute approximate surface area is 177 Å². The largest absolute Gasteiger partial charge is 0.486 e. The predicted octanol–water partition coefficient (Wildman–Crippen LogP) is 1.87. The maximum absolute atomic E-state index is 12.7. The standard InChI is InChI=1S/C21H31N3O6/c1-5-24(13-19(26)23-21(27)28-6-2)12-18(25)22-20(14(3)4)15-7-8-16-17(11-15)30-10-9-29-16/h7-8,11,14,20H,5-6,9-10,12-13H2,1-4H3,(H,22,25)(H,23,26,27)/t20-/m1/s1. The van der Waals surface area contributed by atoms with Crippen molar-refractivity contribution in [2.45, 2.75) is 33.7 Å². The van der Waals surface area contributed by atoms with Crippen LogP contribution in [0.5, 0.6) is 11.5 Å². The zero-order valence-corrected chi connectivity index (χ0v) is 18.0. The number of fused-ring (bicyclic) bond motifs is 1. The topological polar surface area (TPSA) is 106 Å². The van der Waals surface area contributed by atoms with Crippen molar-refractivity contribution in [3.63, 3.8) is 0 Å². The predicted molar refractivity (Wildman–Crippen MR) is 110 cm³/mol. The highest BCUT2D eigenvalue weighted by Gasteiger charge is 2.23. The zero-order chi connectivity index (χ0) is 22.1. The number of nitrogens with zero attached hydrogens (tertiary/aromatic N) is 1. The van der Waals surface area contributed by atoms with Crippen molar-refractivity contribution in [1.29, 1.82) is 0 Å². The Morgan fingerprint density at radius 2 is 1.73 bits per heavy atom. The van der Waals surface area contributed by atoms with Crippen molar-refractivity contribution < 1.29 is 28.6 Å². The van der Waals surface area contributed by atoms with Crippen LogP contribution in [0.3, 0.4) is 0 Å². The molecule has 30 heavy (non-hydrogen) atoms. The lowest BCUT2D eigenvalue weighted by Gasteiger charge is -2.27. The highest BCUT2D eigenvalue weighted by molar-refractivity contribution is 5.93. The van der Waals surface area contributed by atoms with Gasteiger partial charge in [-0.05, 0) is 37.1 Å². The normalized spacial score (nSPS) is 13.7. The van der Waals surface area contributed by atoms with Crippen molar-refractivity contribution >= 4 is 17.9 Å². The molecule has 0 saturated carbocycles. The molecule has 1 heterocycles.